The molecule has 0 amide bonds. The third-order valence-electron chi connectivity index (χ3n) is 13.4. The second-order valence-corrected chi connectivity index (χ2v) is 16.3. The van der Waals surface area contributed by atoms with E-state index in [1.54, 1.807) is 12.1 Å². The van der Waals surface area contributed by atoms with Gasteiger partial charge in [-0.2, -0.15) is 0 Å². The van der Waals surface area contributed by atoms with Crippen LogP contribution in [0, 0.1) is 0 Å². The van der Waals surface area contributed by atoms with Crippen LogP contribution in [-0.2, 0) is 10.8 Å². The van der Waals surface area contributed by atoms with Crippen molar-refractivity contribution in [2.24, 2.45) is 0 Å². The highest BCUT2D eigenvalue weighted by Gasteiger charge is 2.47. The highest BCUT2D eigenvalue weighted by Crippen LogP contribution is 2.58. The lowest BCUT2D eigenvalue weighted by atomic mass is 9.67. The molecule has 0 saturated heterocycles. The minimum atomic E-state index is -0.532. The number of fused-ring (bicyclic) bond motifs is 8. The van der Waals surface area contributed by atoms with Gasteiger partial charge in [0.2, 0.25) is 0 Å². The van der Waals surface area contributed by atoms with E-state index in [4.69, 9.17) is 0 Å². The van der Waals surface area contributed by atoms with Gasteiger partial charge >= 0.3 is 0 Å². The molecule has 10 aromatic rings. The number of phenolic OH excluding ortho intramolecular Hbond substituents is 2. The third-order valence-corrected chi connectivity index (χ3v) is 13.4. The molecule has 2 aliphatic rings. The Labute approximate surface area is 349 Å². The lowest BCUT2D eigenvalue weighted by Crippen LogP contribution is -2.28. The van der Waals surface area contributed by atoms with E-state index in [1.165, 1.54) is 66.8 Å². The number of aromatic hydroxyl groups is 2. The summed E-state index contributed by atoms with van der Waals surface area (Å²) in [7, 11) is 0. The molecule has 0 aromatic heterocycles. The van der Waals surface area contributed by atoms with E-state index in [2.05, 4.69) is 182 Å². The van der Waals surface area contributed by atoms with Crippen LogP contribution < -0.4 is 0 Å². The summed E-state index contributed by atoms with van der Waals surface area (Å²) in [5.74, 6) is 0.544. The van der Waals surface area contributed by atoms with Crippen LogP contribution in [0.5, 0.6) is 11.5 Å². The van der Waals surface area contributed by atoms with Gasteiger partial charge in [-0.3, -0.25) is 0 Å². The molecule has 2 heteroatoms. The van der Waals surface area contributed by atoms with Crippen LogP contribution in [-0.4, -0.2) is 10.2 Å². The smallest absolute Gasteiger partial charge is 0.116 e. The zero-order chi connectivity index (χ0) is 40.0. The summed E-state index contributed by atoms with van der Waals surface area (Å²) in [5.41, 5.74) is 16.2. The predicted octanol–water partition coefficient (Wildman–Crippen LogP) is 13.8. The normalized spacial score (nSPS) is 14.1. The number of rotatable bonds is 5. The molecule has 2 N–H and O–H groups in total. The lowest BCUT2D eigenvalue weighted by molar-refractivity contribution is 0.475. The first-order chi connectivity index (χ1) is 29.5. The van der Waals surface area contributed by atoms with E-state index in [9.17, 15) is 10.2 Å². The Morgan fingerprint density at radius 3 is 0.883 bits per heavy atom. The van der Waals surface area contributed by atoms with Crippen molar-refractivity contribution < 1.29 is 10.2 Å². The first kappa shape index (κ1) is 34.4. The van der Waals surface area contributed by atoms with Crippen LogP contribution in [0.2, 0.25) is 0 Å². The van der Waals surface area contributed by atoms with Gasteiger partial charge in [-0.1, -0.05) is 182 Å². The van der Waals surface area contributed by atoms with E-state index >= 15 is 0 Å². The zero-order valence-corrected chi connectivity index (χ0v) is 32.7. The number of benzene rings is 10. The largest absolute Gasteiger partial charge is 0.508 e. The van der Waals surface area contributed by atoms with E-state index < -0.39 is 10.8 Å². The van der Waals surface area contributed by atoms with Crippen LogP contribution in [0.25, 0.3) is 54.9 Å². The topological polar surface area (TPSA) is 40.5 Å². The van der Waals surface area contributed by atoms with Crippen molar-refractivity contribution in [3.05, 3.63) is 263 Å². The Kier molecular flexibility index (Phi) is 7.40. The van der Waals surface area contributed by atoms with Crippen LogP contribution in [0.15, 0.2) is 218 Å². The van der Waals surface area contributed by atoms with Gasteiger partial charge in [-0.05, 0) is 136 Å². The van der Waals surface area contributed by atoms with Crippen LogP contribution in [0.3, 0.4) is 0 Å². The quantitative estimate of drug-likeness (QED) is 0.183. The second kappa shape index (κ2) is 12.9. The fraction of sp³-hybridized carbons (Fsp3) is 0.0345. The maximum Gasteiger partial charge on any atom is 0.116 e. The minimum Gasteiger partial charge on any atom is -0.508 e. The molecule has 2 aliphatic carbocycles. The molecule has 2 nitrogen and oxygen atoms in total. The maximum absolute atomic E-state index is 10.3. The molecule has 0 heterocycles. The standard InChI is InChI=1S/C58H38O2/c59-47-31-23-39-33-45(29-21-41(39)35-47)57(53-13-5-1-9-49(53)50-10-2-6-14-54(50)57)43-25-17-37(18-26-43)38-19-27-44(28-20-38)58(46-30-22-42-36-48(60)32-24-40(42)34-46)55-15-7-3-11-51(55)52-12-4-8-16-56(52)58/h1-36,59-60H. The van der Waals surface area contributed by atoms with Gasteiger partial charge in [-0.25, -0.2) is 0 Å². The van der Waals surface area contributed by atoms with E-state index in [0.29, 0.717) is 0 Å². The summed E-state index contributed by atoms with van der Waals surface area (Å²) in [4.78, 5) is 0. The fourth-order valence-electron chi connectivity index (χ4n) is 10.8. The zero-order valence-electron chi connectivity index (χ0n) is 32.7. The summed E-state index contributed by atoms with van der Waals surface area (Å²) in [6, 6.07) is 78.4. The molecule has 60 heavy (non-hydrogen) atoms. The SMILES string of the molecule is Oc1ccc2cc(C3(c4ccc(-c5ccc(C6(c7ccc8cc(O)ccc8c7)c7ccccc7-c7ccccc76)cc5)cc4)c4ccccc4-c4ccccc43)ccc2c1. The maximum atomic E-state index is 10.3. The van der Waals surface area contributed by atoms with Crippen LogP contribution in [0.4, 0.5) is 0 Å². The molecule has 282 valence electrons. The highest BCUT2D eigenvalue weighted by molar-refractivity contribution is 5.92. The molecule has 12 rings (SSSR count). The minimum absolute atomic E-state index is 0.272. The number of hydrogen-bond acceptors (Lipinski definition) is 2. The van der Waals surface area contributed by atoms with Crippen molar-refractivity contribution in [1.29, 1.82) is 0 Å². The average Bonchev–Trinajstić information content (AvgIpc) is 3.78. The van der Waals surface area contributed by atoms with Gasteiger partial charge in [0.05, 0.1) is 10.8 Å². The van der Waals surface area contributed by atoms with Gasteiger partial charge < -0.3 is 10.2 Å². The lowest BCUT2D eigenvalue weighted by Gasteiger charge is -2.34. The van der Waals surface area contributed by atoms with E-state index in [-0.39, 0.29) is 11.5 Å². The Balaban J connectivity index is 1.00. The third kappa shape index (κ3) is 4.76. The Morgan fingerprint density at radius 2 is 0.533 bits per heavy atom. The molecule has 0 saturated carbocycles. The summed E-state index contributed by atoms with van der Waals surface area (Å²) in [5, 5.41) is 24.8. The number of phenols is 2. The van der Waals surface area contributed by atoms with E-state index in [0.717, 1.165) is 32.7 Å². The fourth-order valence-corrected chi connectivity index (χ4v) is 10.8. The highest BCUT2D eigenvalue weighted by atomic mass is 16.3. The van der Waals surface area contributed by atoms with Gasteiger partial charge in [0.25, 0.3) is 0 Å². The van der Waals surface area contributed by atoms with E-state index in [1.807, 2.05) is 24.3 Å². The Bertz CT molecular complexity index is 3020. The molecular weight excluding hydrogens is 729 g/mol. The predicted molar refractivity (Wildman–Crippen MR) is 245 cm³/mol. The van der Waals surface area contributed by atoms with Crippen LogP contribution in [0.1, 0.15) is 44.5 Å². The molecule has 0 spiro atoms. The van der Waals surface area contributed by atoms with Crippen LogP contribution >= 0.6 is 0 Å². The van der Waals surface area contributed by atoms with Crippen molar-refractivity contribution in [3.8, 4) is 44.9 Å². The summed E-state index contributed by atoms with van der Waals surface area (Å²) >= 11 is 0. The number of hydrogen-bond donors (Lipinski definition) is 2. The Morgan fingerprint density at radius 1 is 0.250 bits per heavy atom. The summed E-state index contributed by atoms with van der Waals surface area (Å²) in [6.07, 6.45) is 0. The second-order valence-electron chi connectivity index (χ2n) is 16.3. The van der Waals surface area contributed by atoms with Crippen molar-refractivity contribution in [1.82, 2.24) is 0 Å². The molecule has 0 radical (unpaired) electrons. The van der Waals surface area contributed by atoms with Gasteiger partial charge in [0.15, 0.2) is 0 Å². The monoisotopic (exact) mass is 766 g/mol. The van der Waals surface area contributed by atoms with Crippen molar-refractivity contribution >= 4 is 21.5 Å². The van der Waals surface area contributed by atoms with Crippen molar-refractivity contribution in [2.75, 3.05) is 0 Å². The first-order valence-corrected chi connectivity index (χ1v) is 20.6. The Hall–Kier alpha value is -7.68. The molecule has 0 aliphatic heterocycles. The van der Waals surface area contributed by atoms with Gasteiger partial charge in [-0.15, -0.1) is 0 Å². The molecule has 10 aromatic carbocycles. The van der Waals surface area contributed by atoms with Crippen molar-refractivity contribution in [3.63, 3.8) is 0 Å². The molecule has 0 bridgehead atoms. The van der Waals surface area contributed by atoms with Gasteiger partial charge in [0, 0.05) is 0 Å². The molecule has 0 atom stereocenters. The summed E-state index contributed by atoms with van der Waals surface area (Å²) in [6.45, 7) is 0. The average molecular weight is 767 g/mol. The molecular formula is C58H38O2. The van der Waals surface area contributed by atoms with Crippen molar-refractivity contribution in [2.45, 2.75) is 10.8 Å². The molecule has 0 fully saturated rings. The first-order valence-electron chi connectivity index (χ1n) is 20.6. The summed E-state index contributed by atoms with van der Waals surface area (Å²) < 4.78 is 0. The molecule has 0 unspecified atom stereocenters. The van der Waals surface area contributed by atoms with Gasteiger partial charge in [0.1, 0.15) is 11.5 Å².